The average molecular weight is 412 g/mol. The number of nitrogens with one attached hydrogen (secondary N) is 1. The normalized spacial score (nSPS) is 17.6. The maximum absolute atomic E-state index is 12.4. The summed E-state index contributed by atoms with van der Waals surface area (Å²) in [5.41, 5.74) is 5.32. The Morgan fingerprint density at radius 1 is 1.14 bits per heavy atom. The molecule has 2 aliphatic rings. The fourth-order valence-electron chi connectivity index (χ4n) is 4.13. The van der Waals surface area contributed by atoms with Gasteiger partial charge in [-0.2, -0.15) is 16.9 Å². The van der Waals surface area contributed by atoms with E-state index in [-0.39, 0.29) is 5.56 Å². The molecule has 0 amide bonds. The van der Waals surface area contributed by atoms with Gasteiger partial charge in [-0.15, -0.1) is 0 Å². The highest BCUT2D eigenvalue weighted by Gasteiger charge is 2.21. The van der Waals surface area contributed by atoms with Crippen LogP contribution in [-0.2, 0) is 18.7 Å². The molecule has 0 unspecified atom stereocenters. The lowest BCUT2D eigenvalue weighted by Crippen LogP contribution is -2.48. The molecule has 8 nitrogen and oxygen atoms in total. The number of hydrogen-bond donors (Lipinski definition) is 1. The van der Waals surface area contributed by atoms with Gasteiger partial charge in [0.2, 0.25) is 0 Å². The first-order valence-electron chi connectivity index (χ1n) is 10.1. The summed E-state index contributed by atoms with van der Waals surface area (Å²) in [7, 11) is 0. The van der Waals surface area contributed by atoms with Crippen molar-refractivity contribution < 1.29 is 0 Å². The number of aryl methyl sites for hydroxylation is 2. The van der Waals surface area contributed by atoms with Gasteiger partial charge in [0.1, 0.15) is 11.8 Å². The second-order valence-corrected chi connectivity index (χ2v) is 8.82. The molecule has 2 aliphatic heterocycles. The monoisotopic (exact) mass is 411 g/mol. The molecule has 5 rings (SSSR count). The molecule has 0 spiro atoms. The van der Waals surface area contributed by atoms with Crippen molar-refractivity contribution in [2.24, 2.45) is 0 Å². The number of nitrogens with zero attached hydrogens (tertiary/aromatic N) is 6. The zero-order chi connectivity index (χ0) is 19.8. The molecular weight excluding hydrogens is 386 g/mol. The van der Waals surface area contributed by atoms with Gasteiger partial charge < -0.3 is 9.88 Å². The molecular formula is C20H25N7OS. The molecule has 0 atom stereocenters. The molecule has 152 valence electrons. The lowest BCUT2D eigenvalue weighted by Gasteiger charge is -2.35. The van der Waals surface area contributed by atoms with E-state index in [1.54, 1.807) is 17.1 Å². The van der Waals surface area contributed by atoms with Crippen molar-refractivity contribution >= 4 is 28.6 Å². The Balaban J connectivity index is 1.22. The fraction of sp³-hybridized carbons (Fsp3) is 0.500. The van der Waals surface area contributed by atoms with Crippen molar-refractivity contribution in [3.63, 3.8) is 0 Å². The molecule has 5 heterocycles. The van der Waals surface area contributed by atoms with Gasteiger partial charge in [0.15, 0.2) is 5.82 Å². The van der Waals surface area contributed by atoms with E-state index < -0.39 is 0 Å². The number of aromatic nitrogens is 5. The molecule has 9 heteroatoms. The van der Waals surface area contributed by atoms with E-state index in [0.29, 0.717) is 6.54 Å². The Labute approximate surface area is 173 Å². The second kappa shape index (κ2) is 7.79. The third-order valence-corrected chi connectivity index (χ3v) is 6.74. The Bertz CT molecular complexity index is 1080. The van der Waals surface area contributed by atoms with Crippen LogP contribution in [0.4, 0.5) is 5.82 Å². The van der Waals surface area contributed by atoms with Crippen molar-refractivity contribution in [3.05, 3.63) is 45.8 Å². The van der Waals surface area contributed by atoms with Gasteiger partial charge in [0.05, 0.1) is 17.8 Å². The van der Waals surface area contributed by atoms with Crippen LogP contribution in [0, 0.1) is 6.92 Å². The molecule has 29 heavy (non-hydrogen) atoms. The van der Waals surface area contributed by atoms with Crippen LogP contribution in [0.1, 0.15) is 17.0 Å². The third-order valence-electron chi connectivity index (χ3n) is 5.74. The maximum Gasteiger partial charge on any atom is 0.267 e. The van der Waals surface area contributed by atoms with Gasteiger partial charge in [-0.3, -0.25) is 9.69 Å². The first kappa shape index (κ1) is 18.6. The molecule has 0 saturated carbocycles. The number of hydrogen-bond acceptors (Lipinski definition) is 7. The molecule has 0 aromatic carbocycles. The minimum atomic E-state index is 0.0235. The number of aromatic amines is 1. The molecule has 3 aromatic rings. The van der Waals surface area contributed by atoms with Gasteiger partial charge in [-0.25, -0.2) is 14.6 Å². The van der Waals surface area contributed by atoms with E-state index in [2.05, 4.69) is 35.9 Å². The molecule has 0 aliphatic carbocycles. The van der Waals surface area contributed by atoms with Crippen molar-refractivity contribution in [1.82, 2.24) is 29.6 Å². The SMILES string of the molecule is Cc1cc2ncnc(N3CCN(CCn4nc5c(cc4=O)CSCC5)CC3)c2[nH]1. The second-order valence-electron chi connectivity index (χ2n) is 7.72. The van der Waals surface area contributed by atoms with Crippen LogP contribution in [0.15, 0.2) is 23.3 Å². The number of anilines is 1. The Morgan fingerprint density at radius 3 is 2.86 bits per heavy atom. The van der Waals surface area contributed by atoms with Gasteiger partial charge in [-0.05, 0) is 24.3 Å². The first-order chi connectivity index (χ1) is 14.2. The summed E-state index contributed by atoms with van der Waals surface area (Å²) in [6.07, 6.45) is 2.61. The van der Waals surface area contributed by atoms with E-state index in [4.69, 9.17) is 0 Å². The summed E-state index contributed by atoms with van der Waals surface area (Å²) in [6.45, 7) is 7.24. The Morgan fingerprint density at radius 2 is 2.00 bits per heavy atom. The van der Waals surface area contributed by atoms with Crippen molar-refractivity contribution in [2.75, 3.05) is 43.4 Å². The molecule has 1 saturated heterocycles. The average Bonchev–Trinajstić information content (AvgIpc) is 3.13. The zero-order valence-corrected chi connectivity index (χ0v) is 17.4. The number of H-pyrrole nitrogens is 1. The lowest BCUT2D eigenvalue weighted by atomic mass is 10.2. The van der Waals surface area contributed by atoms with Crippen LogP contribution in [0.2, 0.25) is 0 Å². The highest BCUT2D eigenvalue weighted by atomic mass is 32.2. The number of thioether (sulfide) groups is 1. The number of piperazine rings is 1. The number of fused-ring (bicyclic) bond motifs is 2. The van der Waals surface area contributed by atoms with Gasteiger partial charge >= 0.3 is 0 Å². The van der Waals surface area contributed by atoms with Crippen LogP contribution >= 0.6 is 11.8 Å². The smallest absolute Gasteiger partial charge is 0.267 e. The summed E-state index contributed by atoms with van der Waals surface area (Å²) in [5.74, 6) is 2.99. The van der Waals surface area contributed by atoms with Crippen LogP contribution in [0.25, 0.3) is 11.0 Å². The molecule has 0 bridgehead atoms. The van der Waals surface area contributed by atoms with E-state index in [1.165, 1.54) is 0 Å². The fourth-order valence-corrected chi connectivity index (χ4v) is 5.08. The minimum absolute atomic E-state index is 0.0235. The molecule has 0 radical (unpaired) electrons. The highest BCUT2D eigenvalue weighted by molar-refractivity contribution is 7.98. The molecule has 1 N–H and O–H groups in total. The van der Waals surface area contributed by atoms with Gasteiger partial charge in [0.25, 0.3) is 5.56 Å². The predicted octanol–water partition coefficient (Wildman–Crippen LogP) is 1.43. The van der Waals surface area contributed by atoms with E-state index in [9.17, 15) is 4.79 Å². The summed E-state index contributed by atoms with van der Waals surface area (Å²) >= 11 is 1.88. The summed E-state index contributed by atoms with van der Waals surface area (Å²) in [5, 5.41) is 4.63. The summed E-state index contributed by atoms with van der Waals surface area (Å²) in [4.78, 5) is 29.4. The van der Waals surface area contributed by atoms with Crippen LogP contribution in [0.5, 0.6) is 0 Å². The standard InChI is InChI=1S/C20H25N7OS/c1-14-10-17-19(23-14)20(22-13-21-17)26-6-3-25(4-7-26)5-8-27-18(28)11-15-12-29-9-2-16(15)24-27/h10-11,13,23H,2-9,12H2,1H3. The van der Waals surface area contributed by atoms with Crippen molar-refractivity contribution in [3.8, 4) is 0 Å². The highest BCUT2D eigenvalue weighted by Crippen LogP contribution is 2.24. The van der Waals surface area contributed by atoms with Crippen molar-refractivity contribution in [1.29, 1.82) is 0 Å². The Hall–Kier alpha value is -2.39. The Kier molecular flexibility index (Phi) is 5.01. The minimum Gasteiger partial charge on any atom is -0.354 e. The van der Waals surface area contributed by atoms with E-state index >= 15 is 0 Å². The predicted molar refractivity (Wildman–Crippen MR) is 116 cm³/mol. The van der Waals surface area contributed by atoms with Gasteiger partial charge in [-0.1, -0.05) is 0 Å². The van der Waals surface area contributed by atoms with Crippen LogP contribution in [-0.4, -0.2) is 68.1 Å². The molecule has 1 fully saturated rings. The van der Waals surface area contributed by atoms with Crippen molar-refractivity contribution in [2.45, 2.75) is 25.6 Å². The largest absolute Gasteiger partial charge is 0.354 e. The van der Waals surface area contributed by atoms with Crippen LogP contribution < -0.4 is 10.5 Å². The van der Waals surface area contributed by atoms with Crippen LogP contribution in [0.3, 0.4) is 0 Å². The number of rotatable bonds is 4. The van der Waals surface area contributed by atoms with E-state index in [1.807, 2.05) is 18.7 Å². The summed E-state index contributed by atoms with van der Waals surface area (Å²) in [6, 6.07) is 3.84. The molecule has 3 aromatic heterocycles. The third kappa shape index (κ3) is 3.76. The topological polar surface area (TPSA) is 82.9 Å². The van der Waals surface area contributed by atoms with E-state index in [0.717, 1.165) is 84.5 Å². The first-order valence-corrected chi connectivity index (χ1v) is 11.3. The summed E-state index contributed by atoms with van der Waals surface area (Å²) < 4.78 is 1.65. The van der Waals surface area contributed by atoms with Gasteiger partial charge in [0, 0.05) is 56.7 Å². The quantitative estimate of drug-likeness (QED) is 0.695. The lowest BCUT2D eigenvalue weighted by molar-refractivity contribution is 0.242. The zero-order valence-electron chi connectivity index (χ0n) is 16.6. The maximum atomic E-state index is 12.4.